The van der Waals surface area contributed by atoms with E-state index < -0.39 is 0 Å². The molecule has 0 bridgehead atoms. The van der Waals surface area contributed by atoms with Gasteiger partial charge in [0, 0.05) is 43.1 Å². The van der Waals surface area contributed by atoms with Gasteiger partial charge in [-0.2, -0.15) is 11.8 Å². The number of hydrogen-bond donors (Lipinski definition) is 1. The van der Waals surface area contributed by atoms with E-state index in [-0.39, 0.29) is 22.6 Å². The zero-order valence-corrected chi connectivity index (χ0v) is 12.4. The van der Waals surface area contributed by atoms with Crippen LogP contribution in [-0.2, 0) is 11.2 Å². The second-order valence-corrected chi connectivity index (χ2v) is 6.41. The van der Waals surface area contributed by atoms with Crippen molar-refractivity contribution >= 4 is 29.0 Å². The molecule has 1 fully saturated rings. The first-order chi connectivity index (χ1) is 10.2. The predicted molar refractivity (Wildman–Crippen MR) is 82.9 cm³/mol. The molecule has 112 valence electrons. The van der Waals surface area contributed by atoms with Crippen molar-refractivity contribution in [3.05, 3.63) is 33.9 Å². The smallest absolute Gasteiger partial charge is 0.274 e. The average Bonchev–Trinajstić information content (AvgIpc) is 2.92. The molecule has 2 aliphatic rings. The number of carbonyl (C=O) groups excluding carboxylic acids is 1. The zero-order valence-electron chi connectivity index (χ0n) is 11.6. The highest BCUT2D eigenvalue weighted by atomic mass is 32.2. The summed E-state index contributed by atoms with van der Waals surface area (Å²) in [6.45, 7) is 1.48. The van der Waals surface area contributed by atoms with Crippen molar-refractivity contribution in [2.75, 3.05) is 29.5 Å². The minimum Gasteiger partial charge on any atom is -0.312 e. The zero-order chi connectivity index (χ0) is 14.8. The first kappa shape index (κ1) is 14.3. The van der Waals surface area contributed by atoms with Gasteiger partial charge in [0.05, 0.1) is 16.2 Å². The third-order valence-electron chi connectivity index (χ3n) is 3.92. The molecule has 0 spiro atoms. The fourth-order valence-electron chi connectivity index (χ4n) is 2.92. The molecule has 1 atom stereocenters. The highest BCUT2D eigenvalue weighted by molar-refractivity contribution is 7.99. The molecule has 1 unspecified atom stereocenters. The van der Waals surface area contributed by atoms with Crippen molar-refractivity contribution in [2.24, 2.45) is 0 Å². The lowest BCUT2D eigenvalue weighted by molar-refractivity contribution is -0.385. The first-order valence-electron chi connectivity index (χ1n) is 7.04. The molecule has 0 aliphatic carbocycles. The van der Waals surface area contributed by atoms with Crippen molar-refractivity contribution in [3.63, 3.8) is 0 Å². The molecule has 0 aromatic heterocycles. The Bertz CT molecular complexity index is 573. The monoisotopic (exact) mass is 307 g/mol. The highest BCUT2D eigenvalue weighted by Crippen LogP contribution is 2.35. The maximum atomic E-state index is 12.5. The Balaban J connectivity index is 1.76. The Morgan fingerprint density at radius 2 is 2.38 bits per heavy atom. The largest absolute Gasteiger partial charge is 0.312 e. The quantitative estimate of drug-likeness (QED) is 0.678. The fraction of sp³-hybridized carbons (Fsp3) is 0.500. The lowest BCUT2D eigenvalue weighted by Crippen LogP contribution is -2.42. The molecular formula is C14H17N3O3S. The fourth-order valence-corrected chi connectivity index (χ4v) is 3.87. The molecule has 0 saturated carbocycles. The maximum absolute atomic E-state index is 12.5. The van der Waals surface area contributed by atoms with Crippen LogP contribution < -0.4 is 10.2 Å². The van der Waals surface area contributed by atoms with E-state index in [0.29, 0.717) is 30.6 Å². The summed E-state index contributed by atoms with van der Waals surface area (Å²) in [6, 6.07) is 5.17. The van der Waals surface area contributed by atoms with Crippen LogP contribution in [0.25, 0.3) is 0 Å². The summed E-state index contributed by atoms with van der Waals surface area (Å²) in [5.41, 5.74) is 1.51. The van der Waals surface area contributed by atoms with Gasteiger partial charge in [-0.25, -0.2) is 0 Å². The van der Waals surface area contributed by atoms with Crippen molar-refractivity contribution in [3.8, 4) is 0 Å². The number of thioether (sulfide) groups is 1. The van der Waals surface area contributed by atoms with Crippen LogP contribution >= 0.6 is 11.8 Å². The molecule has 21 heavy (non-hydrogen) atoms. The van der Waals surface area contributed by atoms with Gasteiger partial charge in [0.15, 0.2) is 0 Å². The molecule has 1 N–H and O–H groups in total. The average molecular weight is 307 g/mol. The maximum Gasteiger partial charge on any atom is 0.274 e. The summed E-state index contributed by atoms with van der Waals surface area (Å²) in [5, 5.41) is 14.4. The second-order valence-electron chi connectivity index (χ2n) is 5.26. The molecule has 1 aromatic carbocycles. The van der Waals surface area contributed by atoms with E-state index in [1.807, 2.05) is 11.8 Å². The van der Waals surface area contributed by atoms with Crippen LogP contribution in [0.5, 0.6) is 0 Å². The summed E-state index contributed by atoms with van der Waals surface area (Å²) in [4.78, 5) is 24.8. The van der Waals surface area contributed by atoms with Gasteiger partial charge < -0.3 is 10.2 Å². The van der Waals surface area contributed by atoms with Crippen LogP contribution in [0.2, 0.25) is 0 Å². The lowest BCUT2D eigenvalue weighted by atomic mass is 10.1. The number of nitrogens with one attached hydrogen (secondary N) is 1. The molecule has 2 aliphatic heterocycles. The van der Waals surface area contributed by atoms with E-state index in [0.717, 1.165) is 18.1 Å². The number of anilines is 1. The van der Waals surface area contributed by atoms with Crippen molar-refractivity contribution in [1.29, 1.82) is 0 Å². The number of nitro benzene ring substituents is 1. The molecule has 7 heteroatoms. The van der Waals surface area contributed by atoms with E-state index in [1.165, 1.54) is 6.07 Å². The SMILES string of the molecule is O=C(CC1CSCCN1)N1CCc2c1cccc2[N+](=O)[O-]. The number of nitro groups is 1. The van der Waals surface area contributed by atoms with Crippen LogP contribution in [0, 0.1) is 10.1 Å². The number of benzene rings is 1. The Morgan fingerprint density at radius 1 is 1.52 bits per heavy atom. The van der Waals surface area contributed by atoms with Crippen LogP contribution in [0.4, 0.5) is 11.4 Å². The summed E-state index contributed by atoms with van der Waals surface area (Å²) >= 11 is 1.86. The molecular weight excluding hydrogens is 290 g/mol. The Morgan fingerprint density at radius 3 is 3.10 bits per heavy atom. The normalized spacial score (nSPS) is 21.1. The summed E-state index contributed by atoms with van der Waals surface area (Å²) in [5.74, 6) is 2.08. The van der Waals surface area contributed by atoms with Gasteiger partial charge >= 0.3 is 0 Å². The number of hydrogen-bond acceptors (Lipinski definition) is 5. The highest BCUT2D eigenvalue weighted by Gasteiger charge is 2.31. The van der Waals surface area contributed by atoms with Crippen LogP contribution in [-0.4, -0.2) is 41.5 Å². The van der Waals surface area contributed by atoms with E-state index in [2.05, 4.69) is 5.32 Å². The second kappa shape index (κ2) is 6.03. The lowest BCUT2D eigenvalue weighted by Gasteiger charge is -2.25. The van der Waals surface area contributed by atoms with E-state index in [1.54, 1.807) is 17.0 Å². The minimum atomic E-state index is -0.369. The van der Waals surface area contributed by atoms with Gasteiger partial charge in [0.25, 0.3) is 5.69 Å². The van der Waals surface area contributed by atoms with Gasteiger partial charge in [0.1, 0.15) is 0 Å². The number of fused-ring (bicyclic) bond motifs is 1. The van der Waals surface area contributed by atoms with Gasteiger partial charge in [0.2, 0.25) is 5.91 Å². The third-order valence-corrected chi connectivity index (χ3v) is 5.05. The Hall–Kier alpha value is -1.60. The van der Waals surface area contributed by atoms with Gasteiger partial charge in [-0.1, -0.05) is 6.07 Å². The number of carbonyl (C=O) groups is 1. The molecule has 1 amide bonds. The summed E-state index contributed by atoms with van der Waals surface area (Å²) in [6.07, 6.45) is 1.01. The minimum absolute atomic E-state index is 0.0502. The van der Waals surface area contributed by atoms with Gasteiger partial charge in [-0.3, -0.25) is 14.9 Å². The molecule has 1 aromatic rings. The molecule has 2 heterocycles. The molecule has 0 radical (unpaired) electrons. The van der Waals surface area contributed by atoms with Crippen molar-refractivity contribution < 1.29 is 9.72 Å². The molecule has 3 rings (SSSR count). The van der Waals surface area contributed by atoms with E-state index in [9.17, 15) is 14.9 Å². The van der Waals surface area contributed by atoms with Crippen LogP contribution in [0.3, 0.4) is 0 Å². The topological polar surface area (TPSA) is 75.5 Å². The van der Waals surface area contributed by atoms with Crippen molar-refractivity contribution in [2.45, 2.75) is 18.9 Å². The van der Waals surface area contributed by atoms with E-state index >= 15 is 0 Å². The number of nitrogens with zero attached hydrogens (tertiary/aromatic N) is 2. The van der Waals surface area contributed by atoms with Crippen LogP contribution in [0.1, 0.15) is 12.0 Å². The van der Waals surface area contributed by atoms with E-state index in [4.69, 9.17) is 0 Å². The van der Waals surface area contributed by atoms with Crippen molar-refractivity contribution in [1.82, 2.24) is 5.32 Å². The Labute approximate surface area is 127 Å². The standard InChI is InChI=1S/C14H17N3O3S/c18-14(8-10-9-21-7-5-15-10)16-6-4-11-12(16)2-1-3-13(11)17(19)20/h1-3,10,15H,4-9H2. The first-order valence-corrected chi connectivity index (χ1v) is 8.20. The van der Waals surface area contributed by atoms with Gasteiger partial charge in [-0.15, -0.1) is 0 Å². The Kier molecular flexibility index (Phi) is 4.12. The number of amides is 1. The number of rotatable bonds is 3. The summed E-state index contributed by atoms with van der Waals surface area (Å²) < 4.78 is 0. The molecule has 1 saturated heterocycles. The summed E-state index contributed by atoms with van der Waals surface area (Å²) in [7, 11) is 0. The van der Waals surface area contributed by atoms with Gasteiger partial charge in [-0.05, 0) is 12.5 Å². The van der Waals surface area contributed by atoms with Crippen LogP contribution in [0.15, 0.2) is 18.2 Å². The third kappa shape index (κ3) is 2.89. The predicted octanol–water partition coefficient (Wildman–Crippen LogP) is 1.58. The molecule has 6 nitrogen and oxygen atoms in total.